The van der Waals surface area contributed by atoms with E-state index in [1.165, 1.54) is 24.3 Å². The minimum Gasteiger partial charge on any atom is -0.313 e. The molecule has 0 saturated heterocycles. The van der Waals surface area contributed by atoms with Crippen molar-refractivity contribution in [2.24, 2.45) is 5.92 Å². The molecule has 1 aromatic heterocycles. The van der Waals surface area contributed by atoms with Crippen molar-refractivity contribution in [2.75, 3.05) is 7.05 Å². The fourth-order valence-corrected chi connectivity index (χ4v) is 2.51. The third-order valence-corrected chi connectivity index (χ3v) is 3.47. The number of rotatable bonds is 4. The summed E-state index contributed by atoms with van der Waals surface area (Å²) in [6.45, 7) is 0.850. The van der Waals surface area contributed by atoms with E-state index in [2.05, 4.69) is 15.5 Å². The first-order valence-corrected chi connectivity index (χ1v) is 5.66. The second-order valence-electron chi connectivity index (χ2n) is 3.62. The van der Waals surface area contributed by atoms with Gasteiger partial charge in [0.25, 0.3) is 0 Å². The Bertz CT molecular complexity index is 268. The summed E-state index contributed by atoms with van der Waals surface area (Å²) in [7, 11) is 1.94. The zero-order chi connectivity index (χ0) is 9.10. The van der Waals surface area contributed by atoms with Gasteiger partial charge in [0, 0.05) is 13.0 Å². The largest absolute Gasteiger partial charge is 0.313 e. The highest BCUT2D eigenvalue weighted by molar-refractivity contribution is 7.11. The standard InChI is InChI=1S/C9H15N3S/c1-10-6-9-12-11-8(13-9)5-7-3-2-4-7/h7,10H,2-6H2,1H3. The Hall–Kier alpha value is -0.480. The van der Waals surface area contributed by atoms with Gasteiger partial charge in [0.05, 0.1) is 0 Å². The average Bonchev–Trinajstić information content (AvgIpc) is 2.46. The quantitative estimate of drug-likeness (QED) is 0.796. The van der Waals surface area contributed by atoms with Gasteiger partial charge in [0.15, 0.2) is 0 Å². The van der Waals surface area contributed by atoms with Gasteiger partial charge in [-0.25, -0.2) is 0 Å². The van der Waals surface area contributed by atoms with Gasteiger partial charge in [0.2, 0.25) is 0 Å². The van der Waals surface area contributed by atoms with Gasteiger partial charge in [-0.05, 0) is 13.0 Å². The predicted molar refractivity (Wildman–Crippen MR) is 53.7 cm³/mol. The summed E-state index contributed by atoms with van der Waals surface area (Å²) in [6, 6.07) is 0. The van der Waals surface area contributed by atoms with Gasteiger partial charge in [-0.3, -0.25) is 0 Å². The molecule has 0 aliphatic heterocycles. The van der Waals surface area contributed by atoms with Crippen LogP contribution in [-0.2, 0) is 13.0 Å². The highest BCUT2D eigenvalue weighted by atomic mass is 32.1. The lowest BCUT2D eigenvalue weighted by Gasteiger charge is -2.23. The highest BCUT2D eigenvalue weighted by Gasteiger charge is 2.19. The van der Waals surface area contributed by atoms with Crippen LogP contribution in [0.15, 0.2) is 0 Å². The Kier molecular flexibility index (Phi) is 2.90. The first-order chi connectivity index (χ1) is 6.38. The predicted octanol–water partition coefficient (Wildman–Crippen LogP) is 1.60. The zero-order valence-corrected chi connectivity index (χ0v) is 8.73. The van der Waals surface area contributed by atoms with Gasteiger partial charge in [-0.1, -0.05) is 19.3 Å². The zero-order valence-electron chi connectivity index (χ0n) is 7.92. The molecule has 1 N–H and O–H groups in total. The molecule has 13 heavy (non-hydrogen) atoms. The van der Waals surface area contributed by atoms with E-state index in [0.717, 1.165) is 23.9 Å². The summed E-state index contributed by atoms with van der Waals surface area (Å²) in [4.78, 5) is 0. The van der Waals surface area contributed by atoms with Crippen LogP contribution in [0.2, 0.25) is 0 Å². The molecule has 2 rings (SSSR count). The number of hydrogen-bond acceptors (Lipinski definition) is 4. The van der Waals surface area contributed by atoms with Crippen LogP contribution in [0.3, 0.4) is 0 Å². The molecule has 1 aliphatic rings. The monoisotopic (exact) mass is 197 g/mol. The molecule has 1 aromatic rings. The maximum Gasteiger partial charge on any atom is 0.131 e. The molecule has 1 aliphatic carbocycles. The molecular weight excluding hydrogens is 182 g/mol. The Morgan fingerprint density at radius 2 is 2.15 bits per heavy atom. The van der Waals surface area contributed by atoms with Crippen molar-refractivity contribution < 1.29 is 0 Å². The van der Waals surface area contributed by atoms with Gasteiger partial charge in [0.1, 0.15) is 10.0 Å². The molecule has 0 amide bonds. The molecule has 1 saturated carbocycles. The van der Waals surface area contributed by atoms with Gasteiger partial charge in [-0.15, -0.1) is 21.5 Å². The van der Waals surface area contributed by atoms with Crippen molar-refractivity contribution in [3.05, 3.63) is 10.0 Å². The van der Waals surface area contributed by atoms with Crippen LogP contribution in [0.5, 0.6) is 0 Å². The van der Waals surface area contributed by atoms with Crippen LogP contribution in [0.4, 0.5) is 0 Å². The molecule has 0 unspecified atom stereocenters. The van der Waals surface area contributed by atoms with Crippen LogP contribution in [-0.4, -0.2) is 17.2 Å². The Labute approximate surface area is 82.6 Å². The smallest absolute Gasteiger partial charge is 0.131 e. The summed E-state index contributed by atoms with van der Waals surface area (Å²) in [5.41, 5.74) is 0. The third kappa shape index (κ3) is 2.25. The number of nitrogens with one attached hydrogen (secondary N) is 1. The first kappa shape index (κ1) is 9.09. The topological polar surface area (TPSA) is 37.8 Å². The van der Waals surface area contributed by atoms with Crippen LogP contribution < -0.4 is 5.32 Å². The summed E-state index contributed by atoms with van der Waals surface area (Å²) in [5.74, 6) is 0.899. The second kappa shape index (κ2) is 4.15. The fourth-order valence-electron chi connectivity index (χ4n) is 1.54. The molecule has 4 heteroatoms. The molecule has 1 heterocycles. The molecule has 0 bridgehead atoms. The van der Waals surface area contributed by atoms with E-state index in [0.29, 0.717) is 0 Å². The SMILES string of the molecule is CNCc1nnc(CC2CCC2)s1. The van der Waals surface area contributed by atoms with E-state index in [1.807, 2.05) is 7.05 Å². The number of nitrogens with zero attached hydrogens (tertiary/aromatic N) is 2. The van der Waals surface area contributed by atoms with E-state index < -0.39 is 0 Å². The van der Waals surface area contributed by atoms with Crippen LogP contribution in [0.25, 0.3) is 0 Å². The van der Waals surface area contributed by atoms with Crippen molar-refractivity contribution in [3.8, 4) is 0 Å². The lowest BCUT2D eigenvalue weighted by atomic mass is 9.83. The molecule has 3 nitrogen and oxygen atoms in total. The van der Waals surface area contributed by atoms with E-state index in [9.17, 15) is 0 Å². The van der Waals surface area contributed by atoms with Crippen LogP contribution >= 0.6 is 11.3 Å². The van der Waals surface area contributed by atoms with E-state index in [4.69, 9.17) is 0 Å². The van der Waals surface area contributed by atoms with Crippen molar-refractivity contribution >= 4 is 11.3 Å². The average molecular weight is 197 g/mol. The van der Waals surface area contributed by atoms with Gasteiger partial charge in [-0.2, -0.15) is 0 Å². The van der Waals surface area contributed by atoms with E-state index >= 15 is 0 Å². The molecule has 1 fully saturated rings. The fraction of sp³-hybridized carbons (Fsp3) is 0.778. The minimum atomic E-state index is 0.850. The van der Waals surface area contributed by atoms with Gasteiger partial charge < -0.3 is 5.32 Å². The summed E-state index contributed by atoms with van der Waals surface area (Å²) < 4.78 is 0. The maximum absolute atomic E-state index is 4.19. The normalized spacial score (nSPS) is 17.3. The lowest BCUT2D eigenvalue weighted by Crippen LogP contribution is -2.13. The van der Waals surface area contributed by atoms with Crippen molar-refractivity contribution in [3.63, 3.8) is 0 Å². The van der Waals surface area contributed by atoms with E-state index in [1.54, 1.807) is 11.3 Å². The summed E-state index contributed by atoms with van der Waals surface area (Å²) in [5, 5.41) is 13.7. The molecular formula is C9H15N3S. The number of aromatic nitrogens is 2. The third-order valence-electron chi connectivity index (χ3n) is 2.52. The molecule has 0 spiro atoms. The Balaban J connectivity index is 1.88. The maximum atomic E-state index is 4.19. The number of hydrogen-bond donors (Lipinski definition) is 1. The molecule has 0 radical (unpaired) electrons. The second-order valence-corrected chi connectivity index (χ2v) is 4.77. The highest BCUT2D eigenvalue weighted by Crippen LogP contribution is 2.30. The summed E-state index contributed by atoms with van der Waals surface area (Å²) >= 11 is 1.75. The first-order valence-electron chi connectivity index (χ1n) is 4.84. The molecule has 72 valence electrons. The lowest BCUT2D eigenvalue weighted by molar-refractivity contribution is 0.313. The van der Waals surface area contributed by atoms with Crippen LogP contribution in [0, 0.1) is 5.92 Å². The van der Waals surface area contributed by atoms with Gasteiger partial charge >= 0.3 is 0 Å². The molecule has 0 aromatic carbocycles. The van der Waals surface area contributed by atoms with Crippen molar-refractivity contribution in [2.45, 2.75) is 32.2 Å². The van der Waals surface area contributed by atoms with Crippen molar-refractivity contribution in [1.29, 1.82) is 0 Å². The van der Waals surface area contributed by atoms with E-state index in [-0.39, 0.29) is 0 Å². The minimum absolute atomic E-state index is 0.850. The van der Waals surface area contributed by atoms with Crippen LogP contribution in [0.1, 0.15) is 29.3 Å². The Morgan fingerprint density at radius 3 is 2.77 bits per heavy atom. The Morgan fingerprint density at radius 1 is 1.38 bits per heavy atom. The summed E-state index contributed by atoms with van der Waals surface area (Å²) in [6.07, 6.45) is 5.34. The molecule has 0 atom stereocenters. The van der Waals surface area contributed by atoms with Crippen molar-refractivity contribution in [1.82, 2.24) is 15.5 Å².